The van der Waals surface area contributed by atoms with Gasteiger partial charge in [0.1, 0.15) is 17.0 Å². The predicted octanol–water partition coefficient (Wildman–Crippen LogP) is 4.51. The maximum absolute atomic E-state index is 6.21. The molecule has 1 aliphatic rings. The summed E-state index contributed by atoms with van der Waals surface area (Å²) in [5.74, 6) is 2.30. The first-order chi connectivity index (χ1) is 15.2. The van der Waals surface area contributed by atoms with Gasteiger partial charge in [0.25, 0.3) is 0 Å². The number of methoxy groups -OCH3 is 3. The standard InChI is InChI=1S/C23H22N4O4/c1-28-20-8-14(9-21(29-2)23(20)30-3)19-11-18-22(31-19)16(6-7-24-18)26-15-5-4-13-12-25-27-17(13)10-15/h6-9,11-12H,4-5,10H2,1-3H3,(H,25,27). The van der Waals surface area contributed by atoms with Crippen LogP contribution >= 0.6 is 0 Å². The summed E-state index contributed by atoms with van der Waals surface area (Å²) in [4.78, 5) is 9.35. The Balaban J connectivity index is 1.56. The lowest BCUT2D eigenvalue weighted by atomic mass is 9.96. The number of fused-ring (bicyclic) bond motifs is 2. The van der Waals surface area contributed by atoms with E-state index in [-0.39, 0.29) is 0 Å². The van der Waals surface area contributed by atoms with Crippen molar-refractivity contribution in [1.82, 2.24) is 15.2 Å². The van der Waals surface area contributed by atoms with Crippen LogP contribution in [0.15, 0.2) is 46.1 Å². The van der Waals surface area contributed by atoms with E-state index in [1.807, 2.05) is 30.5 Å². The molecule has 8 heteroatoms. The first-order valence-electron chi connectivity index (χ1n) is 9.96. The smallest absolute Gasteiger partial charge is 0.203 e. The minimum atomic E-state index is 0.533. The van der Waals surface area contributed by atoms with Gasteiger partial charge in [0.15, 0.2) is 17.1 Å². The Morgan fingerprint density at radius 1 is 1.03 bits per heavy atom. The van der Waals surface area contributed by atoms with E-state index >= 15 is 0 Å². The number of pyridine rings is 1. The van der Waals surface area contributed by atoms with Crippen molar-refractivity contribution in [3.05, 3.63) is 47.9 Å². The fraction of sp³-hybridized carbons (Fsp3) is 0.261. The molecule has 0 spiro atoms. The quantitative estimate of drug-likeness (QED) is 0.513. The monoisotopic (exact) mass is 418 g/mol. The van der Waals surface area contributed by atoms with Gasteiger partial charge < -0.3 is 18.6 Å². The van der Waals surface area contributed by atoms with Crippen LogP contribution in [0.25, 0.3) is 22.4 Å². The molecule has 0 atom stereocenters. The molecule has 1 N–H and O–H groups in total. The van der Waals surface area contributed by atoms with Crippen LogP contribution in [0.2, 0.25) is 0 Å². The number of aryl methyl sites for hydroxylation is 1. The fourth-order valence-electron chi connectivity index (χ4n) is 3.92. The highest BCUT2D eigenvalue weighted by atomic mass is 16.5. The van der Waals surface area contributed by atoms with E-state index in [0.717, 1.165) is 47.4 Å². The number of nitrogens with zero attached hydrogens (tertiary/aromatic N) is 3. The van der Waals surface area contributed by atoms with Gasteiger partial charge in [-0.15, -0.1) is 0 Å². The van der Waals surface area contributed by atoms with Gasteiger partial charge in [0.2, 0.25) is 5.75 Å². The number of hydrogen-bond donors (Lipinski definition) is 1. The van der Waals surface area contributed by atoms with Crippen LogP contribution in [0.1, 0.15) is 17.7 Å². The third-order valence-electron chi connectivity index (χ3n) is 5.49. The SMILES string of the molecule is COc1cc(-c2cc3nccc(N=C4CCc5cn[nH]c5C4)c3o2)cc(OC)c1OC. The molecule has 0 amide bonds. The molecule has 0 aliphatic heterocycles. The van der Waals surface area contributed by atoms with Gasteiger partial charge in [0.05, 0.1) is 27.5 Å². The lowest BCUT2D eigenvalue weighted by Crippen LogP contribution is -2.12. The molecule has 4 aromatic rings. The summed E-state index contributed by atoms with van der Waals surface area (Å²) in [5.41, 5.74) is 6.44. The molecule has 158 valence electrons. The summed E-state index contributed by atoms with van der Waals surface area (Å²) >= 11 is 0. The summed E-state index contributed by atoms with van der Waals surface area (Å²) < 4.78 is 22.6. The van der Waals surface area contributed by atoms with Crippen LogP contribution in [0.5, 0.6) is 17.2 Å². The third-order valence-corrected chi connectivity index (χ3v) is 5.49. The van der Waals surface area contributed by atoms with Crippen LogP contribution in [0.4, 0.5) is 5.69 Å². The minimum absolute atomic E-state index is 0.533. The van der Waals surface area contributed by atoms with Crippen molar-refractivity contribution >= 4 is 22.5 Å². The van der Waals surface area contributed by atoms with Crippen molar-refractivity contribution in [1.29, 1.82) is 0 Å². The second-order valence-electron chi connectivity index (χ2n) is 7.30. The van der Waals surface area contributed by atoms with Gasteiger partial charge in [0, 0.05) is 35.7 Å². The van der Waals surface area contributed by atoms with Gasteiger partial charge in [-0.25, -0.2) is 0 Å². The number of hydrogen-bond acceptors (Lipinski definition) is 7. The van der Waals surface area contributed by atoms with Gasteiger partial charge in [-0.3, -0.25) is 15.1 Å². The van der Waals surface area contributed by atoms with E-state index in [2.05, 4.69) is 15.2 Å². The van der Waals surface area contributed by atoms with Crippen molar-refractivity contribution in [2.75, 3.05) is 21.3 Å². The lowest BCUT2D eigenvalue weighted by molar-refractivity contribution is 0.324. The molecule has 0 bridgehead atoms. The number of aromatic amines is 1. The number of ether oxygens (including phenoxy) is 3. The average molecular weight is 418 g/mol. The van der Waals surface area contributed by atoms with E-state index in [9.17, 15) is 0 Å². The Hall–Kier alpha value is -3.81. The van der Waals surface area contributed by atoms with Crippen LogP contribution in [0.3, 0.4) is 0 Å². The number of nitrogens with one attached hydrogen (secondary N) is 1. The van der Waals surface area contributed by atoms with Crippen molar-refractivity contribution in [3.8, 4) is 28.6 Å². The highest BCUT2D eigenvalue weighted by molar-refractivity contribution is 5.95. The summed E-state index contributed by atoms with van der Waals surface area (Å²) in [5, 5.41) is 7.20. The Morgan fingerprint density at radius 3 is 2.58 bits per heavy atom. The summed E-state index contributed by atoms with van der Waals surface area (Å²) in [7, 11) is 4.75. The van der Waals surface area contributed by atoms with E-state index in [1.54, 1.807) is 27.5 Å². The summed E-state index contributed by atoms with van der Waals surface area (Å²) in [6.45, 7) is 0. The molecule has 0 saturated heterocycles. The zero-order valence-electron chi connectivity index (χ0n) is 17.6. The topological polar surface area (TPSA) is 94.8 Å². The number of H-pyrrole nitrogens is 1. The van der Waals surface area contributed by atoms with Crippen LogP contribution in [-0.2, 0) is 12.8 Å². The van der Waals surface area contributed by atoms with E-state index in [4.69, 9.17) is 23.6 Å². The lowest BCUT2D eigenvalue weighted by Gasteiger charge is -2.13. The van der Waals surface area contributed by atoms with Crippen molar-refractivity contribution in [2.45, 2.75) is 19.3 Å². The largest absolute Gasteiger partial charge is 0.493 e. The number of rotatable bonds is 5. The zero-order chi connectivity index (χ0) is 21.4. The predicted molar refractivity (Wildman–Crippen MR) is 117 cm³/mol. The highest BCUT2D eigenvalue weighted by Gasteiger charge is 2.19. The van der Waals surface area contributed by atoms with E-state index in [0.29, 0.717) is 28.6 Å². The third kappa shape index (κ3) is 3.39. The number of aliphatic imine (C=N–C) groups is 1. The van der Waals surface area contributed by atoms with Gasteiger partial charge in [-0.2, -0.15) is 5.10 Å². The van der Waals surface area contributed by atoms with E-state index < -0.39 is 0 Å². The van der Waals surface area contributed by atoms with Gasteiger partial charge in [-0.05, 0) is 36.6 Å². The normalized spacial score (nSPS) is 14.6. The minimum Gasteiger partial charge on any atom is -0.493 e. The summed E-state index contributed by atoms with van der Waals surface area (Å²) in [6, 6.07) is 7.48. The molecule has 1 aromatic carbocycles. The van der Waals surface area contributed by atoms with Crippen molar-refractivity contribution in [2.24, 2.45) is 4.99 Å². The summed E-state index contributed by atoms with van der Waals surface area (Å²) in [6.07, 6.45) is 6.25. The second-order valence-corrected chi connectivity index (χ2v) is 7.30. The molecule has 3 heterocycles. The van der Waals surface area contributed by atoms with E-state index in [1.165, 1.54) is 5.56 Å². The first-order valence-corrected chi connectivity index (χ1v) is 9.96. The maximum Gasteiger partial charge on any atom is 0.203 e. The number of benzene rings is 1. The zero-order valence-corrected chi connectivity index (χ0v) is 17.6. The molecular weight excluding hydrogens is 396 g/mol. The Bertz CT molecular complexity index is 1260. The molecule has 3 aromatic heterocycles. The Morgan fingerprint density at radius 2 is 1.84 bits per heavy atom. The Labute approximate surface area is 178 Å². The van der Waals surface area contributed by atoms with Gasteiger partial charge in [-0.1, -0.05) is 0 Å². The highest BCUT2D eigenvalue weighted by Crippen LogP contribution is 2.42. The molecule has 1 aliphatic carbocycles. The van der Waals surface area contributed by atoms with Crippen molar-refractivity contribution < 1.29 is 18.6 Å². The number of furan rings is 1. The maximum atomic E-state index is 6.21. The average Bonchev–Trinajstić information content (AvgIpc) is 3.45. The molecule has 5 rings (SSSR count). The molecule has 0 fully saturated rings. The van der Waals surface area contributed by atoms with Crippen LogP contribution in [0, 0.1) is 0 Å². The fourth-order valence-corrected chi connectivity index (χ4v) is 3.92. The molecular formula is C23H22N4O4. The second kappa shape index (κ2) is 7.79. The molecule has 8 nitrogen and oxygen atoms in total. The van der Waals surface area contributed by atoms with Crippen molar-refractivity contribution in [3.63, 3.8) is 0 Å². The van der Waals surface area contributed by atoms with Crippen LogP contribution in [-0.4, -0.2) is 42.2 Å². The Kier molecular flexibility index (Phi) is 4.82. The number of aromatic nitrogens is 3. The molecule has 0 radical (unpaired) electrons. The van der Waals surface area contributed by atoms with Crippen LogP contribution < -0.4 is 14.2 Å². The van der Waals surface area contributed by atoms with Gasteiger partial charge >= 0.3 is 0 Å². The molecule has 0 unspecified atom stereocenters. The molecule has 0 saturated carbocycles. The molecule has 31 heavy (non-hydrogen) atoms. The first kappa shape index (κ1) is 19.2.